The van der Waals surface area contributed by atoms with Crippen LogP contribution < -0.4 is 10.6 Å². The van der Waals surface area contributed by atoms with Gasteiger partial charge in [-0.3, -0.25) is 0 Å². The Hall–Kier alpha value is -2.05. The van der Waals surface area contributed by atoms with Crippen molar-refractivity contribution in [1.82, 2.24) is 4.98 Å². The van der Waals surface area contributed by atoms with E-state index in [0.717, 1.165) is 35.0 Å². The van der Waals surface area contributed by atoms with Crippen molar-refractivity contribution in [1.29, 1.82) is 0 Å². The van der Waals surface area contributed by atoms with Gasteiger partial charge in [0.15, 0.2) is 0 Å². The molecule has 0 aliphatic carbocycles. The van der Waals surface area contributed by atoms with Crippen LogP contribution in [0.2, 0.25) is 0 Å². The smallest absolute Gasteiger partial charge is 0.328 e. The summed E-state index contributed by atoms with van der Waals surface area (Å²) in [5, 5.41) is 10.6. The first-order valence-corrected chi connectivity index (χ1v) is 11.1. The van der Waals surface area contributed by atoms with Gasteiger partial charge in [0, 0.05) is 30.4 Å². The van der Waals surface area contributed by atoms with E-state index in [9.17, 15) is 9.90 Å². The number of aliphatic hydroxyl groups excluding tert-OH is 1. The molecule has 2 atom stereocenters. The molecule has 0 radical (unpaired) electrons. The normalized spacial score (nSPS) is 13.6. The van der Waals surface area contributed by atoms with Crippen LogP contribution in [-0.2, 0) is 22.4 Å². The quantitative estimate of drug-likeness (QED) is 0.361. The number of H-pyrrole nitrogens is 1. The van der Waals surface area contributed by atoms with Crippen LogP contribution in [0.15, 0.2) is 18.3 Å². The van der Waals surface area contributed by atoms with Crippen LogP contribution in [0.4, 0.5) is 5.69 Å². The molecule has 2 rings (SSSR count). The van der Waals surface area contributed by atoms with Crippen molar-refractivity contribution in [2.45, 2.75) is 71.4 Å². The number of aromatic amines is 1. The second-order valence-electron chi connectivity index (χ2n) is 8.59. The largest absolute Gasteiger partial charge is 0.467 e. The maximum atomic E-state index is 12.5. The molecule has 1 heterocycles. The summed E-state index contributed by atoms with van der Waals surface area (Å²) in [6, 6.07) is 3.57. The number of anilines is 1. The topological polar surface area (TPSA) is 91.6 Å². The van der Waals surface area contributed by atoms with Gasteiger partial charge in [-0.05, 0) is 42.4 Å². The first kappa shape index (κ1) is 24.2. The number of fused-ring (bicyclic) bond motifs is 1. The second kappa shape index (κ2) is 11.4. The molecule has 0 saturated carbocycles. The average molecular weight is 418 g/mol. The van der Waals surface area contributed by atoms with Crippen molar-refractivity contribution in [3.05, 3.63) is 29.5 Å². The molecule has 0 spiro atoms. The van der Waals surface area contributed by atoms with Crippen LogP contribution in [0.5, 0.6) is 0 Å². The molecule has 0 saturated heterocycles. The monoisotopic (exact) mass is 417 g/mol. The number of aryl methyl sites for hydroxylation is 1. The maximum Gasteiger partial charge on any atom is 0.328 e. The lowest BCUT2D eigenvalue weighted by Crippen LogP contribution is -2.43. The fourth-order valence-corrected chi connectivity index (χ4v) is 4.26. The highest BCUT2D eigenvalue weighted by Crippen LogP contribution is 2.35. The fourth-order valence-electron chi connectivity index (χ4n) is 4.26. The molecule has 1 aromatic carbocycles. The van der Waals surface area contributed by atoms with E-state index in [0.29, 0.717) is 6.42 Å². The van der Waals surface area contributed by atoms with Crippen molar-refractivity contribution < 1.29 is 14.6 Å². The molecule has 168 valence electrons. The molecule has 0 unspecified atom stereocenters. The van der Waals surface area contributed by atoms with Crippen LogP contribution in [0.3, 0.4) is 0 Å². The summed E-state index contributed by atoms with van der Waals surface area (Å²) >= 11 is 0. The first-order valence-electron chi connectivity index (χ1n) is 11.1. The molecule has 0 amide bonds. The van der Waals surface area contributed by atoms with Gasteiger partial charge in [0.25, 0.3) is 0 Å². The zero-order chi connectivity index (χ0) is 22.3. The molecule has 1 aromatic heterocycles. The number of ether oxygens (including phenoxy) is 1. The zero-order valence-corrected chi connectivity index (χ0v) is 19.2. The molecule has 6 heteroatoms. The minimum Gasteiger partial charge on any atom is -0.467 e. The van der Waals surface area contributed by atoms with E-state index in [2.05, 4.69) is 24.0 Å². The van der Waals surface area contributed by atoms with Crippen molar-refractivity contribution in [3.63, 3.8) is 0 Å². The highest BCUT2D eigenvalue weighted by molar-refractivity contribution is 5.98. The summed E-state index contributed by atoms with van der Waals surface area (Å²) in [6.45, 7) is 6.20. The molecule has 0 fully saturated rings. The number of carbonyl (C=O) groups is 1. The number of likely N-dealkylation sites (N-methyl/N-ethyl adjacent to an activating group) is 1. The number of nitrogens with one attached hydrogen (secondary N) is 1. The van der Waals surface area contributed by atoms with Crippen LogP contribution in [0, 0.1) is 5.92 Å². The summed E-state index contributed by atoms with van der Waals surface area (Å²) in [4.78, 5) is 18.0. The summed E-state index contributed by atoms with van der Waals surface area (Å²) in [6.07, 6.45) is 8.42. The number of rotatable bonds is 12. The van der Waals surface area contributed by atoms with Gasteiger partial charge < -0.3 is 25.5 Å². The Morgan fingerprint density at radius 3 is 2.57 bits per heavy atom. The Kier molecular flexibility index (Phi) is 9.18. The summed E-state index contributed by atoms with van der Waals surface area (Å²) in [7, 11) is 3.38. The van der Waals surface area contributed by atoms with E-state index in [4.69, 9.17) is 10.5 Å². The van der Waals surface area contributed by atoms with Gasteiger partial charge >= 0.3 is 5.97 Å². The molecule has 0 aliphatic heterocycles. The number of hydrogen-bond acceptors (Lipinski definition) is 5. The Balaban J connectivity index is 2.51. The molecule has 30 heavy (non-hydrogen) atoms. The number of carbonyl (C=O) groups excluding carboxylic acids is 1. The maximum absolute atomic E-state index is 12.5. The van der Waals surface area contributed by atoms with E-state index in [1.165, 1.54) is 31.9 Å². The van der Waals surface area contributed by atoms with Crippen molar-refractivity contribution in [3.8, 4) is 0 Å². The number of unbranched alkanes of at least 4 members (excludes halogenated alkanes) is 3. The van der Waals surface area contributed by atoms with Crippen LogP contribution in [0.25, 0.3) is 10.9 Å². The lowest BCUT2D eigenvalue weighted by atomic mass is 9.96. The van der Waals surface area contributed by atoms with Gasteiger partial charge in [-0.2, -0.15) is 0 Å². The van der Waals surface area contributed by atoms with E-state index < -0.39 is 0 Å². The molecule has 0 bridgehead atoms. The van der Waals surface area contributed by atoms with Gasteiger partial charge in [0.1, 0.15) is 6.04 Å². The van der Waals surface area contributed by atoms with Crippen LogP contribution in [0.1, 0.15) is 57.6 Å². The Morgan fingerprint density at radius 1 is 1.23 bits per heavy atom. The highest BCUT2D eigenvalue weighted by Gasteiger charge is 2.29. The van der Waals surface area contributed by atoms with E-state index in [1.807, 2.05) is 32.0 Å². The number of nitrogens with zero attached hydrogens (tertiary/aromatic N) is 1. The lowest BCUT2D eigenvalue weighted by molar-refractivity contribution is -0.143. The summed E-state index contributed by atoms with van der Waals surface area (Å²) in [5.74, 6) is -0.151. The third kappa shape index (κ3) is 5.55. The first-order chi connectivity index (χ1) is 14.3. The number of esters is 1. The fraction of sp³-hybridized carbons (Fsp3) is 0.625. The molecule has 2 aromatic rings. The van der Waals surface area contributed by atoms with Crippen LogP contribution >= 0.6 is 0 Å². The van der Waals surface area contributed by atoms with Gasteiger partial charge in [0.05, 0.1) is 19.2 Å². The second-order valence-corrected chi connectivity index (χ2v) is 8.59. The van der Waals surface area contributed by atoms with Crippen LogP contribution in [-0.4, -0.2) is 48.9 Å². The predicted molar refractivity (Wildman–Crippen MR) is 124 cm³/mol. The Morgan fingerprint density at radius 2 is 1.97 bits per heavy atom. The minimum atomic E-state index is -0.386. The number of aromatic nitrogens is 1. The molecular weight excluding hydrogens is 378 g/mol. The van der Waals surface area contributed by atoms with E-state index >= 15 is 0 Å². The van der Waals surface area contributed by atoms with Gasteiger partial charge in [0.2, 0.25) is 0 Å². The van der Waals surface area contributed by atoms with E-state index in [-0.39, 0.29) is 30.6 Å². The number of methoxy groups -OCH3 is 1. The zero-order valence-electron chi connectivity index (χ0n) is 19.2. The van der Waals surface area contributed by atoms with E-state index in [1.54, 1.807) is 0 Å². The average Bonchev–Trinajstić information content (AvgIpc) is 3.14. The number of benzene rings is 1. The molecule has 4 N–H and O–H groups in total. The molecular formula is C24H39N3O3. The standard InChI is InChI=1S/C24H39N3O3/c1-6-7-8-9-10-17-11-12-20(27(4)23(16(2)3)24(29)30-5)21-18(13-19(25)15-28)14-26-22(17)21/h11-12,14,16,19,23,26,28H,6-10,13,15,25H2,1-5H3/t19-,23-/m0/s1. The summed E-state index contributed by atoms with van der Waals surface area (Å²) in [5.41, 5.74) is 10.5. The van der Waals surface area contributed by atoms with Gasteiger partial charge in [-0.25, -0.2) is 4.79 Å². The van der Waals surface area contributed by atoms with Gasteiger partial charge in [-0.15, -0.1) is 0 Å². The van der Waals surface area contributed by atoms with Crippen molar-refractivity contribution in [2.24, 2.45) is 11.7 Å². The SMILES string of the molecule is CCCCCCc1ccc(N(C)[C@H](C(=O)OC)C(C)C)c2c(C[C@H](N)CO)c[nH]c12. The predicted octanol–water partition coefficient (Wildman–Crippen LogP) is 3.79. The minimum absolute atomic E-state index is 0.0642. The number of nitrogens with two attached hydrogens (primary N) is 1. The third-order valence-corrected chi connectivity index (χ3v) is 5.87. The number of hydrogen-bond donors (Lipinski definition) is 3. The molecule has 6 nitrogen and oxygen atoms in total. The lowest BCUT2D eigenvalue weighted by Gasteiger charge is -2.32. The Labute approximate surface area is 180 Å². The Bertz CT molecular complexity index is 815. The summed E-state index contributed by atoms with van der Waals surface area (Å²) < 4.78 is 5.08. The number of aliphatic hydroxyl groups is 1. The van der Waals surface area contributed by atoms with Gasteiger partial charge in [-0.1, -0.05) is 46.1 Å². The third-order valence-electron chi connectivity index (χ3n) is 5.87. The highest BCUT2D eigenvalue weighted by atomic mass is 16.5. The molecule has 0 aliphatic rings. The van der Waals surface area contributed by atoms with Crippen molar-refractivity contribution in [2.75, 3.05) is 25.7 Å². The van der Waals surface area contributed by atoms with Crippen molar-refractivity contribution >= 4 is 22.6 Å².